The molecule has 0 bridgehead atoms. The number of nitrogens with one attached hydrogen (secondary N) is 2. The van der Waals surface area contributed by atoms with Gasteiger partial charge in [0.1, 0.15) is 5.70 Å². The van der Waals surface area contributed by atoms with Gasteiger partial charge in [-0.15, -0.1) is 0 Å². The summed E-state index contributed by atoms with van der Waals surface area (Å²) in [5, 5.41) is 6.61. The van der Waals surface area contributed by atoms with E-state index in [1.165, 1.54) is 6.21 Å². The maximum absolute atomic E-state index is 12.7. The SMILES string of the molecule is CN(C)c1ccc(/C=C(\NC(=O)c2ccccc2)C(=O)N/N=C/c2ccccn2)cc1. The van der Waals surface area contributed by atoms with Crippen molar-refractivity contribution in [3.8, 4) is 0 Å². The predicted octanol–water partition coefficient (Wildman–Crippen LogP) is 3.07. The van der Waals surface area contributed by atoms with Crippen LogP contribution in [0.5, 0.6) is 0 Å². The number of pyridine rings is 1. The largest absolute Gasteiger partial charge is 0.378 e. The average Bonchev–Trinajstić information content (AvgIpc) is 2.80. The molecule has 0 fully saturated rings. The summed E-state index contributed by atoms with van der Waals surface area (Å²) in [6.45, 7) is 0. The zero-order valence-corrected chi connectivity index (χ0v) is 17.3. The molecule has 0 unspecified atom stereocenters. The predicted molar refractivity (Wildman–Crippen MR) is 123 cm³/mol. The molecular formula is C24H23N5O2. The van der Waals surface area contributed by atoms with Crippen LogP contribution in [0.25, 0.3) is 6.08 Å². The van der Waals surface area contributed by atoms with Gasteiger partial charge < -0.3 is 10.2 Å². The van der Waals surface area contributed by atoms with Crippen molar-refractivity contribution in [1.82, 2.24) is 15.7 Å². The van der Waals surface area contributed by atoms with Crippen molar-refractivity contribution in [3.05, 3.63) is 102 Å². The minimum absolute atomic E-state index is 0.0737. The fourth-order valence-electron chi connectivity index (χ4n) is 2.65. The van der Waals surface area contributed by atoms with Crippen LogP contribution in [0.2, 0.25) is 0 Å². The minimum Gasteiger partial charge on any atom is -0.378 e. The summed E-state index contributed by atoms with van der Waals surface area (Å²) in [7, 11) is 3.90. The molecule has 156 valence electrons. The highest BCUT2D eigenvalue weighted by Gasteiger charge is 2.14. The number of rotatable bonds is 7. The summed E-state index contributed by atoms with van der Waals surface area (Å²) >= 11 is 0. The topological polar surface area (TPSA) is 86.7 Å². The van der Waals surface area contributed by atoms with E-state index in [0.717, 1.165) is 11.3 Å². The monoisotopic (exact) mass is 413 g/mol. The highest BCUT2D eigenvalue weighted by molar-refractivity contribution is 6.05. The Bertz CT molecular complexity index is 1080. The Labute approximate surface area is 181 Å². The van der Waals surface area contributed by atoms with Crippen LogP contribution in [0.15, 0.2) is 89.8 Å². The molecule has 0 saturated heterocycles. The van der Waals surface area contributed by atoms with E-state index in [0.29, 0.717) is 11.3 Å². The number of anilines is 1. The Kier molecular flexibility index (Phi) is 7.26. The van der Waals surface area contributed by atoms with Crippen LogP contribution in [-0.4, -0.2) is 37.1 Å². The lowest BCUT2D eigenvalue weighted by molar-refractivity contribution is -0.117. The van der Waals surface area contributed by atoms with Crippen LogP contribution in [0.1, 0.15) is 21.6 Å². The van der Waals surface area contributed by atoms with Gasteiger partial charge >= 0.3 is 0 Å². The van der Waals surface area contributed by atoms with Gasteiger partial charge in [0, 0.05) is 31.5 Å². The third-order valence-corrected chi connectivity index (χ3v) is 4.30. The summed E-state index contributed by atoms with van der Waals surface area (Å²) in [6.07, 6.45) is 4.66. The van der Waals surface area contributed by atoms with Gasteiger partial charge in [-0.2, -0.15) is 5.10 Å². The molecule has 31 heavy (non-hydrogen) atoms. The molecule has 0 aliphatic rings. The number of hydrazone groups is 1. The number of amides is 2. The Balaban J connectivity index is 1.81. The van der Waals surface area contributed by atoms with Crippen molar-refractivity contribution in [2.24, 2.45) is 5.10 Å². The number of nitrogens with zero attached hydrogens (tertiary/aromatic N) is 3. The van der Waals surface area contributed by atoms with Gasteiger partial charge in [-0.3, -0.25) is 14.6 Å². The second-order valence-electron chi connectivity index (χ2n) is 6.82. The van der Waals surface area contributed by atoms with Crippen LogP contribution >= 0.6 is 0 Å². The maximum Gasteiger partial charge on any atom is 0.287 e. The number of hydrogen-bond donors (Lipinski definition) is 2. The van der Waals surface area contributed by atoms with E-state index in [9.17, 15) is 9.59 Å². The first-order valence-corrected chi connectivity index (χ1v) is 9.63. The smallest absolute Gasteiger partial charge is 0.287 e. The number of aromatic nitrogens is 1. The second-order valence-corrected chi connectivity index (χ2v) is 6.82. The highest BCUT2D eigenvalue weighted by atomic mass is 16.2. The van der Waals surface area contributed by atoms with Crippen molar-refractivity contribution in [2.75, 3.05) is 19.0 Å². The number of benzene rings is 2. The Morgan fingerprint density at radius 2 is 1.65 bits per heavy atom. The van der Waals surface area contributed by atoms with Crippen molar-refractivity contribution >= 4 is 29.8 Å². The highest BCUT2D eigenvalue weighted by Crippen LogP contribution is 2.14. The average molecular weight is 413 g/mol. The first-order chi connectivity index (χ1) is 15.0. The van der Waals surface area contributed by atoms with Gasteiger partial charge in [-0.1, -0.05) is 36.4 Å². The number of carbonyl (C=O) groups is 2. The van der Waals surface area contributed by atoms with Crippen molar-refractivity contribution in [2.45, 2.75) is 0 Å². The first kappa shape index (κ1) is 21.4. The summed E-state index contributed by atoms with van der Waals surface area (Å²) in [5.41, 5.74) is 5.34. The Morgan fingerprint density at radius 1 is 0.935 bits per heavy atom. The second kappa shape index (κ2) is 10.5. The normalized spacial score (nSPS) is 11.2. The molecule has 0 radical (unpaired) electrons. The lowest BCUT2D eigenvalue weighted by Gasteiger charge is -2.12. The molecule has 3 aromatic rings. The zero-order valence-electron chi connectivity index (χ0n) is 17.3. The lowest BCUT2D eigenvalue weighted by atomic mass is 10.1. The molecule has 3 rings (SSSR count). The van der Waals surface area contributed by atoms with Crippen LogP contribution in [0.3, 0.4) is 0 Å². The van der Waals surface area contributed by atoms with Crippen LogP contribution < -0.4 is 15.6 Å². The quantitative estimate of drug-likeness (QED) is 0.354. The van der Waals surface area contributed by atoms with Gasteiger partial charge in [0.25, 0.3) is 11.8 Å². The number of carbonyl (C=O) groups excluding carboxylic acids is 2. The van der Waals surface area contributed by atoms with E-state index in [1.807, 2.05) is 55.4 Å². The van der Waals surface area contributed by atoms with Crippen LogP contribution in [0.4, 0.5) is 5.69 Å². The summed E-state index contributed by atoms with van der Waals surface area (Å²) in [6, 6.07) is 21.7. The first-order valence-electron chi connectivity index (χ1n) is 9.63. The van der Waals surface area contributed by atoms with E-state index >= 15 is 0 Å². The van der Waals surface area contributed by atoms with Gasteiger partial charge in [0.05, 0.1) is 11.9 Å². The number of hydrogen-bond acceptors (Lipinski definition) is 5. The van der Waals surface area contributed by atoms with Crippen molar-refractivity contribution in [3.63, 3.8) is 0 Å². The van der Waals surface area contributed by atoms with E-state index in [4.69, 9.17) is 0 Å². The third-order valence-electron chi connectivity index (χ3n) is 4.30. The van der Waals surface area contributed by atoms with Gasteiger partial charge in [0.2, 0.25) is 0 Å². The standard InChI is InChI=1S/C24H23N5O2/c1-29(2)21-13-11-18(12-14-21)16-22(27-23(30)19-8-4-3-5-9-19)24(31)28-26-17-20-10-6-7-15-25-20/h3-17H,1-2H3,(H,27,30)(H,28,31)/b22-16-,26-17+. The van der Waals surface area contributed by atoms with E-state index in [1.54, 1.807) is 48.7 Å². The molecule has 0 atom stereocenters. The third kappa shape index (κ3) is 6.37. The molecule has 0 aliphatic carbocycles. The van der Waals surface area contributed by atoms with E-state index in [-0.39, 0.29) is 11.6 Å². The molecule has 0 saturated carbocycles. The fourth-order valence-corrected chi connectivity index (χ4v) is 2.65. The Morgan fingerprint density at radius 3 is 2.29 bits per heavy atom. The van der Waals surface area contributed by atoms with Gasteiger partial charge in [-0.25, -0.2) is 5.43 Å². The molecule has 7 heteroatoms. The van der Waals surface area contributed by atoms with Crippen molar-refractivity contribution in [1.29, 1.82) is 0 Å². The molecule has 2 aromatic carbocycles. The molecule has 1 aromatic heterocycles. The van der Waals surface area contributed by atoms with Crippen LogP contribution in [0, 0.1) is 0 Å². The summed E-state index contributed by atoms with van der Waals surface area (Å²) < 4.78 is 0. The van der Waals surface area contributed by atoms with Crippen LogP contribution in [-0.2, 0) is 4.79 Å². The van der Waals surface area contributed by atoms with Gasteiger partial charge in [0.15, 0.2) is 0 Å². The van der Waals surface area contributed by atoms with E-state index in [2.05, 4.69) is 20.8 Å². The summed E-state index contributed by atoms with van der Waals surface area (Å²) in [4.78, 5) is 31.4. The molecule has 7 nitrogen and oxygen atoms in total. The lowest BCUT2D eigenvalue weighted by Crippen LogP contribution is -2.32. The Hall–Kier alpha value is -4.26. The zero-order chi connectivity index (χ0) is 22.1. The van der Waals surface area contributed by atoms with E-state index < -0.39 is 5.91 Å². The molecular weight excluding hydrogens is 390 g/mol. The molecule has 2 N–H and O–H groups in total. The van der Waals surface area contributed by atoms with Crippen molar-refractivity contribution < 1.29 is 9.59 Å². The molecule has 1 heterocycles. The minimum atomic E-state index is -0.548. The molecule has 0 spiro atoms. The molecule has 0 aliphatic heterocycles. The molecule has 2 amide bonds. The maximum atomic E-state index is 12.7. The fraction of sp³-hybridized carbons (Fsp3) is 0.0833. The van der Waals surface area contributed by atoms with Gasteiger partial charge in [-0.05, 0) is 48.0 Å². The summed E-state index contributed by atoms with van der Waals surface area (Å²) in [5.74, 6) is -0.936.